The minimum Gasteiger partial charge on any atom is -0.481 e. The Hall–Kier alpha value is -2.09. The molecule has 19 heavy (non-hydrogen) atoms. The highest BCUT2D eigenvalue weighted by molar-refractivity contribution is 5.86. The summed E-state index contributed by atoms with van der Waals surface area (Å²) >= 11 is 0. The van der Waals surface area contributed by atoms with Crippen molar-refractivity contribution in [1.29, 1.82) is 0 Å². The van der Waals surface area contributed by atoms with Crippen LogP contribution in [0.25, 0.3) is 0 Å². The van der Waals surface area contributed by atoms with Crippen molar-refractivity contribution in [3.8, 4) is 0 Å². The third kappa shape index (κ3) is 9.60. The van der Waals surface area contributed by atoms with Crippen LogP contribution in [0.1, 0.15) is 12.8 Å². The topological polar surface area (TPSA) is 125 Å². The number of amides is 2. The molecule has 0 aromatic carbocycles. The van der Waals surface area contributed by atoms with Gasteiger partial charge < -0.3 is 25.6 Å². The molecule has 0 radical (unpaired) electrons. The molecule has 0 unspecified atom stereocenters. The van der Waals surface area contributed by atoms with E-state index in [0.717, 1.165) is 0 Å². The number of aliphatic carboxylic acids is 2. The number of hydrogen-bond donors (Lipinski definition) is 4. The van der Waals surface area contributed by atoms with Crippen LogP contribution in [0, 0.1) is 0 Å². The minimum absolute atomic E-state index is 0.197. The molecule has 8 nitrogen and oxygen atoms in total. The Kier molecular flexibility index (Phi) is 8.80. The Morgan fingerprint density at radius 1 is 1.26 bits per heavy atom. The Bertz CT molecular complexity index is 331. The summed E-state index contributed by atoms with van der Waals surface area (Å²) in [5.41, 5.74) is 0. The lowest BCUT2D eigenvalue weighted by molar-refractivity contribution is -0.145. The first-order valence-electron chi connectivity index (χ1n) is 5.65. The fourth-order valence-corrected chi connectivity index (χ4v) is 1.09. The molecule has 108 valence electrons. The zero-order valence-electron chi connectivity index (χ0n) is 10.4. The fourth-order valence-electron chi connectivity index (χ4n) is 1.09. The van der Waals surface area contributed by atoms with E-state index >= 15 is 0 Å². The summed E-state index contributed by atoms with van der Waals surface area (Å²) < 4.78 is 5.12. The summed E-state index contributed by atoms with van der Waals surface area (Å²) in [5, 5.41) is 21.6. The van der Waals surface area contributed by atoms with Gasteiger partial charge in [-0.25, -0.2) is 9.59 Å². The molecule has 2 amide bonds. The van der Waals surface area contributed by atoms with Crippen LogP contribution in [-0.2, 0) is 14.3 Å². The average Bonchev–Trinajstić information content (AvgIpc) is 2.32. The van der Waals surface area contributed by atoms with E-state index in [2.05, 4.69) is 11.9 Å². The minimum atomic E-state index is -1.46. The van der Waals surface area contributed by atoms with Gasteiger partial charge in [0.05, 0.1) is 19.6 Å². The highest BCUT2D eigenvalue weighted by Crippen LogP contribution is 1.92. The maximum absolute atomic E-state index is 11.3. The van der Waals surface area contributed by atoms with Crippen molar-refractivity contribution in [1.82, 2.24) is 10.6 Å². The lowest BCUT2D eigenvalue weighted by atomic mass is 10.2. The summed E-state index contributed by atoms with van der Waals surface area (Å²) in [6.45, 7) is 4.48. The van der Waals surface area contributed by atoms with Gasteiger partial charge in [0.25, 0.3) is 0 Å². The molecule has 0 aliphatic rings. The number of rotatable bonds is 10. The standard InChI is InChI=1S/C11H18N2O6/c1-2-3-5-19-6-4-12-11(18)13-8(10(16)17)7-9(14)15/h2,8H,1,3-7H2,(H,14,15)(H,16,17)(H2,12,13,18)/t8-/m1/s1. The van der Waals surface area contributed by atoms with Gasteiger partial charge in [0, 0.05) is 6.54 Å². The third-order valence-electron chi connectivity index (χ3n) is 1.98. The Morgan fingerprint density at radius 3 is 2.47 bits per heavy atom. The number of urea groups is 1. The molecule has 0 aliphatic carbocycles. The molecular formula is C11H18N2O6. The normalized spacial score (nSPS) is 11.4. The molecule has 0 bridgehead atoms. The van der Waals surface area contributed by atoms with Crippen molar-refractivity contribution in [3.05, 3.63) is 12.7 Å². The number of nitrogens with one attached hydrogen (secondary N) is 2. The first-order chi connectivity index (χ1) is 8.97. The molecule has 0 saturated heterocycles. The SMILES string of the molecule is C=CCCOCCNC(=O)N[C@H](CC(=O)O)C(=O)O. The van der Waals surface area contributed by atoms with Crippen molar-refractivity contribution in [2.24, 2.45) is 0 Å². The van der Waals surface area contributed by atoms with Gasteiger partial charge in [-0.3, -0.25) is 4.79 Å². The summed E-state index contributed by atoms with van der Waals surface area (Å²) in [6, 6.07) is -2.21. The number of carbonyl (C=O) groups excluding carboxylic acids is 1. The molecule has 0 rings (SSSR count). The van der Waals surface area contributed by atoms with E-state index in [9.17, 15) is 14.4 Å². The summed E-state index contributed by atoms with van der Waals surface area (Å²) in [6.07, 6.45) is 1.72. The monoisotopic (exact) mass is 274 g/mol. The smallest absolute Gasteiger partial charge is 0.326 e. The summed E-state index contributed by atoms with van der Waals surface area (Å²) in [5.74, 6) is -2.71. The van der Waals surface area contributed by atoms with Crippen LogP contribution in [0.4, 0.5) is 4.79 Å². The highest BCUT2D eigenvalue weighted by Gasteiger charge is 2.22. The molecule has 0 spiro atoms. The first-order valence-corrected chi connectivity index (χ1v) is 5.65. The maximum Gasteiger partial charge on any atom is 0.326 e. The lowest BCUT2D eigenvalue weighted by Crippen LogP contribution is -2.47. The maximum atomic E-state index is 11.3. The molecular weight excluding hydrogens is 256 g/mol. The fraction of sp³-hybridized carbons (Fsp3) is 0.545. The van der Waals surface area contributed by atoms with Crippen molar-refractivity contribution in [2.45, 2.75) is 18.9 Å². The largest absolute Gasteiger partial charge is 0.481 e. The average molecular weight is 274 g/mol. The van der Waals surface area contributed by atoms with Gasteiger partial charge in [-0.2, -0.15) is 0 Å². The van der Waals surface area contributed by atoms with Crippen molar-refractivity contribution in [2.75, 3.05) is 19.8 Å². The molecule has 8 heteroatoms. The van der Waals surface area contributed by atoms with Gasteiger partial charge in [-0.15, -0.1) is 6.58 Å². The second-order valence-electron chi connectivity index (χ2n) is 3.58. The predicted molar refractivity (Wildman–Crippen MR) is 65.8 cm³/mol. The van der Waals surface area contributed by atoms with Crippen LogP contribution >= 0.6 is 0 Å². The molecule has 0 aromatic rings. The number of hydrogen-bond acceptors (Lipinski definition) is 4. The zero-order valence-corrected chi connectivity index (χ0v) is 10.4. The van der Waals surface area contributed by atoms with Gasteiger partial charge in [0.2, 0.25) is 0 Å². The van der Waals surface area contributed by atoms with Gasteiger partial charge in [0.1, 0.15) is 6.04 Å². The molecule has 1 atom stereocenters. The zero-order chi connectivity index (χ0) is 14.7. The van der Waals surface area contributed by atoms with E-state index in [1.807, 2.05) is 5.32 Å². The summed E-state index contributed by atoms with van der Waals surface area (Å²) in [7, 11) is 0. The number of carboxylic acids is 2. The van der Waals surface area contributed by atoms with Crippen molar-refractivity contribution < 1.29 is 29.3 Å². The Labute approximate surface area is 110 Å². The molecule has 4 N–H and O–H groups in total. The Balaban J connectivity index is 3.84. The molecule has 0 aromatic heterocycles. The van der Waals surface area contributed by atoms with E-state index in [0.29, 0.717) is 13.0 Å². The van der Waals surface area contributed by atoms with E-state index in [1.54, 1.807) is 6.08 Å². The van der Waals surface area contributed by atoms with Gasteiger partial charge in [-0.1, -0.05) is 6.08 Å². The van der Waals surface area contributed by atoms with Gasteiger partial charge >= 0.3 is 18.0 Å². The van der Waals surface area contributed by atoms with Crippen LogP contribution < -0.4 is 10.6 Å². The van der Waals surface area contributed by atoms with Crippen molar-refractivity contribution in [3.63, 3.8) is 0 Å². The van der Waals surface area contributed by atoms with Gasteiger partial charge in [0.15, 0.2) is 0 Å². The van der Waals surface area contributed by atoms with Crippen LogP contribution in [0.5, 0.6) is 0 Å². The molecule has 0 aliphatic heterocycles. The first kappa shape index (κ1) is 16.9. The second kappa shape index (κ2) is 9.89. The van der Waals surface area contributed by atoms with E-state index in [4.69, 9.17) is 14.9 Å². The Morgan fingerprint density at radius 2 is 1.95 bits per heavy atom. The third-order valence-corrected chi connectivity index (χ3v) is 1.98. The van der Waals surface area contributed by atoms with Crippen LogP contribution in [0.3, 0.4) is 0 Å². The number of ether oxygens (including phenoxy) is 1. The number of carboxylic acid groups (broad SMARTS) is 2. The van der Waals surface area contributed by atoms with Crippen LogP contribution in [0.2, 0.25) is 0 Å². The van der Waals surface area contributed by atoms with Crippen LogP contribution in [-0.4, -0.2) is 54.0 Å². The van der Waals surface area contributed by atoms with E-state index in [1.165, 1.54) is 0 Å². The second-order valence-corrected chi connectivity index (χ2v) is 3.58. The van der Waals surface area contributed by atoms with Crippen LogP contribution in [0.15, 0.2) is 12.7 Å². The lowest BCUT2D eigenvalue weighted by Gasteiger charge is -2.13. The molecule has 0 saturated carbocycles. The predicted octanol–water partition coefficient (Wildman–Crippen LogP) is -0.194. The molecule has 0 heterocycles. The number of carbonyl (C=O) groups is 3. The van der Waals surface area contributed by atoms with Gasteiger partial charge in [-0.05, 0) is 6.42 Å². The molecule has 0 fully saturated rings. The highest BCUT2D eigenvalue weighted by atomic mass is 16.5. The van der Waals surface area contributed by atoms with E-state index < -0.39 is 30.4 Å². The van der Waals surface area contributed by atoms with Crippen molar-refractivity contribution >= 4 is 18.0 Å². The summed E-state index contributed by atoms with van der Waals surface area (Å²) in [4.78, 5) is 32.4. The quantitative estimate of drug-likeness (QED) is 0.323. The van der Waals surface area contributed by atoms with E-state index in [-0.39, 0.29) is 13.2 Å².